The molecule has 0 fully saturated rings. The van der Waals surface area contributed by atoms with E-state index >= 15 is 0 Å². The van der Waals surface area contributed by atoms with Crippen LogP contribution < -0.4 is 0 Å². The minimum Gasteiger partial charge on any atom is -0.127 e. The van der Waals surface area contributed by atoms with Gasteiger partial charge in [0.05, 0.1) is 0 Å². The van der Waals surface area contributed by atoms with E-state index in [1.807, 2.05) is 12.2 Å². The monoisotopic (exact) mass is 172 g/mol. The highest BCUT2D eigenvalue weighted by molar-refractivity contribution is 6.83. The van der Waals surface area contributed by atoms with Gasteiger partial charge in [0, 0.05) is 11.1 Å². The van der Waals surface area contributed by atoms with Crippen LogP contribution >= 0.6 is 0 Å². The van der Waals surface area contributed by atoms with E-state index in [4.69, 9.17) is 6.42 Å². The van der Waals surface area contributed by atoms with Gasteiger partial charge in [0.2, 0.25) is 0 Å². The fraction of sp³-hybridized carbons (Fsp3) is 0.273. The Labute approximate surface area is 75.4 Å². The average Bonchev–Trinajstić information content (AvgIpc) is 1.83. The standard InChI is InChI=1S/C11H12Si/c1-5-10-6-7-11(10)8-9-12(2,3)4/h1,6-7H,2-4H3. The van der Waals surface area contributed by atoms with Crippen molar-refractivity contribution >= 4 is 8.07 Å². The predicted molar refractivity (Wildman–Crippen MR) is 56.1 cm³/mol. The zero-order valence-electron chi connectivity index (χ0n) is 7.73. The molecule has 1 rings (SSSR count). The summed E-state index contributed by atoms with van der Waals surface area (Å²) in [6.07, 6.45) is 9.15. The Kier molecular flexibility index (Phi) is 2.26. The van der Waals surface area contributed by atoms with Crippen LogP contribution in [0.15, 0.2) is 23.3 Å². The molecule has 60 valence electrons. The van der Waals surface area contributed by atoms with Crippen molar-refractivity contribution in [2.45, 2.75) is 19.6 Å². The Bertz CT molecular complexity index is 345. The fourth-order valence-electron chi connectivity index (χ4n) is 0.740. The van der Waals surface area contributed by atoms with Gasteiger partial charge in [-0.3, -0.25) is 0 Å². The molecule has 1 aliphatic carbocycles. The molecular weight excluding hydrogens is 160 g/mol. The van der Waals surface area contributed by atoms with Crippen molar-refractivity contribution in [2.75, 3.05) is 0 Å². The SMILES string of the molecule is C#CC1=C(C#C[Si](C)(C)C)C=C1. The number of hydrogen-bond acceptors (Lipinski definition) is 0. The minimum atomic E-state index is -1.24. The Balaban J connectivity index is 2.77. The molecule has 0 saturated carbocycles. The second-order valence-electron chi connectivity index (χ2n) is 3.81. The summed E-state index contributed by atoms with van der Waals surface area (Å²) in [5.41, 5.74) is 5.25. The third-order valence-electron chi connectivity index (χ3n) is 1.43. The van der Waals surface area contributed by atoms with E-state index in [2.05, 4.69) is 37.0 Å². The molecule has 0 atom stereocenters. The molecule has 0 aromatic carbocycles. The molecule has 1 aliphatic rings. The van der Waals surface area contributed by atoms with E-state index in [1.165, 1.54) is 0 Å². The maximum atomic E-state index is 5.25. The van der Waals surface area contributed by atoms with Crippen LogP contribution in [0.3, 0.4) is 0 Å². The summed E-state index contributed by atoms with van der Waals surface area (Å²) in [7, 11) is -1.24. The molecule has 0 saturated heterocycles. The molecule has 1 heteroatoms. The lowest BCUT2D eigenvalue weighted by atomic mass is 10.00. The molecule has 12 heavy (non-hydrogen) atoms. The third kappa shape index (κ3) is 2.15. The molecule has 0 amide bonds. The van der Waals surface area contributed by atoms with Gasteiger partial charge in [-0.15, -0.1) is 12.0 Å². The molecule has 0 unspecified atom stereocenters. The van der Waals surface area contributed by atoms with Gasteiger partial charge in [0.25, 0.3) is 0 Å². The molecule has 0 aromatic heterocycles. The largest absolute Gasteiger partial charge is 0.129 e. The fourth-order valence-corrected chi connectivity index (χ4v) is 1.25. The smallest absolute Gasteiger partial charge is 0.127 e. The number of rotatable bonds is 0. The van der Waals surface area contributed by atoms with E-state index in [0.29, 0.717) is 0 Å². The van der Waals surface area contributed by atoms with Crippen molar-refractivity contribution in [1.29, 1.82) is 0 Å². The molecule has 0 bridgehead atoms. The second kappa shape index (κ2) is 3.05. The zero-order valence-corrected chi connectivity index (χ0v) is 8.73. The topological polar surface area (TPSA) is 0 Å². The van der Waals surface area contributed by atoms with Crippen molar-refractivity contribution < 1.29 is 0 Å². The van der Waals surface area contributed by atoms with Gasteiger partial charge in [-0.1, -0.05) is 31.5 Å². The summed E-state index contributed by atoms with van der Waals surface area (Å²) in [5.74, 6) is 5.72. The van der Waals surface area contributed by atoms with Gasteiger partial charge in [0.15, 0.2) is 0 Å². The van der Waals surface area contributed by atoms with Crippen molar-refractivity contribution in [2.24, 2.45) is 0 Å². The van der Waals surface area contributed by atoms with Crippen LogP contribution in [0.25, 0.3) is 0 Å². The molecule has 0 heterocycles. The van der Waals surface area contributed by atoms with E-state index in [9.17, 15) is 0 Å². The van der Waals surface area contributed by atoms with Gasteiger partial charge < -0.3 is 0 Å². The van der Waals surface area contributed by atoms with Crippen molar-refractivity contribution in [1.82, 2.24) is 0 Å². The molecule has 0 N–H and O–H groups in total. The van der Waals surface area contributed by atoms with Crippen molar-refractivity contribution in [3.05, 3.63) is 23.3 Å². The van der Waals surface area contributed by atoms with Gasteiger partial charge in [-0.2, -0.15) is 0 Å². The van der Waals surface area contributed by atoms with E-state index in [-0.39, 0.29) is 0 Å². The average molecular weight is 172 g/mol. The Morgan fingerprint density at radius 2 is 1.75 bits per heavy atom. The first-order valence-electron chi connectivity index (χ1n) is 3.95. The molecule has 0 aliphatic heterocycles. The van der Waals surface area contributed by atoms with E-state index < -0.39 is 8.07 Å². The summed E-state index contributed by atoms with van der Waals surface area (Å²) >= 11 is 0. The molecule has 0 radical (unpaired) electrons. The van der Waals surface area contributed by atoms with E-state index in [1.54, 1.807) is 0 Å². The second-order valence-corrected chi connectivity index (χ2v) is 8.56. The lowest BCUT2D eigenvalue weighted by Crippen LogP contribution is -2.16. The van der Waals surface area contributed by atoms with Gasteiger partial charge >= 0.3 is 0 Å². The Hall–Kier alpha value is -1.18. The lowest BCUT2D eigenvalue weighted by Gasteiger charge is -2.07. The molecule has 0 aromatic rings. The van der Waals surface area contributed by atoms with Gasteiger partial charge in [-0.25, -0.2) is 0 Å². The lowest BCUT2D eigenvalue weighted by molar-refractivity contribution is 1.55. The first-order valence-corrected chi connectivity index (χ1v) is 7.45. The van der Waals surface area contributed by atoms with Crippen LogP contribution in [-0.2, 0) is 0 Å². The summed E-state index contributed by atoms with van der Waals surface area (Å²) in [6, 6.07) is 0. The quantitative estimate of drug-likeness (QED) is 0.389. The first kappa shape index (κ1) is 8.91. The molecular formula is C11H12Si. The van der Waals surface area contributed by atoms with Crippen LogP contribution in [0.4, 0.5) is 0 Å². The highest BCUT2D eigenvalue weighted by Crippen LogP contribution is 2.16. The third-order valence-corrected chi connectivity index (χ3v) is 2.31. The van der Waals surface area contributed by atoms with Crippen LogP contribution in [0.1, 0.15) is 0 Å². The van der Waals surface area contributed by atoms with Crippen molar-refractivity contribution in [3.8, 4) is 23.8 Å². The Morgan fingerprint density at radius 3 is 2.08 bits per heavy atom. The summed E-state index contributed by atoms with van der Waals surface area (Å²) in [4.78, 5) is 0. The van der Waals surface area contributed by atoms with Crippen LogP contribution in [0, 0.1) is 23.8 Å². The zero-order chi connectivity index (χ0) is 9.19. The van der Waals surface area contributed by atoms with Crippen LogP contribution in [0.5, 0.6) is 0 Å². The van der Waals surface area contributed by atoms with Crippen LogP contribution in [-0.4, -0.2) is 8.07 Å². The number of terminal acetylenes is 1. The first-order chi connectivity index (χ1) is 5.53. The van der Waals surface area contributed by atoms with Gasteiger partial charge in [0.1, 0.15) is 8.07 Å². The maximum Gasteiger partial charge on any atom is 0.129 e. The highest BCUT2D eigenvalue weighted by atomic mass is 28.3. The summed E-state index contributed by atoms with van der Waals surface area (Å²) in [6.45, 7) is 6.66. The molecule has 0 nitrogen and oxygen atoms in total. The van der Waals surface area contributed by atoms with E-state index in [0.717, 1.165) is 11.1 Å². The van der Waals surface area contributed by atoms with Crippen LogP contribution in [0.2, 0.25) is 19.6 Å². The minimum absolute atomic E-state index is 0.945. The predicted octanol–water partition coefficient (Wildman–Crippen LogP) is 2.37. The maximum absolute atomic E-state index is 5.25. The van der Waals surface area contributed by atoms with Gasteiger partial charge in [-0.05, 0) is 12.2 Å². The highest BCUT2D eigenvalue weighted by Gasteiger charge is 2.09. The summed E-state index contributed by atoms with van der Waals surface area (Å²) < 4.78 is 0. The Morgan fingerprint density at radius 1 is 1.17 bits per heavy atom. The normalized spacial score (nSPS) is 14.5. The molecule has 0 spiro atoms. The van der Waals surface area contributed by atoms with Crippen molar-refractivity contribution in [3.63, 3.8) is 0 Å². The number of allylic oxidation sites excluding steroid dienone is 4. The summed E-state index contributed by atoms with van der Waals surface area (Å²) in [5, 5.41) is 0. The number of hydrogen-bond donors (Lipinski definition) is 0.